The van der Waals surface area contributed by atoms with Crippen LogP contribution in [-0.4, -0.2) is 27.9 Å². The van der Waals surface area contributed by atoms with Crippen LogP contribution in [0.2, 0.25) is 0 Å². The second-order valence-corrected chi connectivity index (χ2v) is 5.61. The molecular weight excluding hydrogens is 181 g/mol. The molecule has 0 heterocycles. The number of aliphatic carboxylic acids is 1. The lowest BCUT2D eigenvalue weighted by molar-refractivity contribution is -0.140. The molecule has 0 fully saturated rings. The van der Waals surface area contributed by atoms with Gasteiger partial charge < -0.3 is 15.7 Å². The molecule has 0 amide bonds. The summed E-state index contributed by atoms with van der Waals surface area (Å²) in [6, 6.07) is 0. The maximum atomic E-state index is 11.2. The van der Waals surface area contributed by atoms with E-state index in [0.29, 0.717) is 0 Å². The molecule has 72 valence electrons. The van der Waals surface area contributed by atoms with E-state index < -0.39 is 25.0 Å². The van der Waals surface area contributed by atoms with Crippen molar-refractivity contribution in [2.75, 3.05) is 6.16 Å². The first-order valence-electron chi connectivity index (χ1n) is 3.57. The molecule has 0 aromatic carbocycles. The van der Waals surface area contributed by atoms with Crippen molar-refractivity contribution in [1.82, 2.24) is 0 Å². The molecule has 0 radical (unpaired) electrons. The summed E-state index contributed by atoms with van der Waals surface area (Å²) < 4.78 is 11.2. The van der Waals surface area contributed by atoms with Gasteiger partial charge >= 0.3 is 5.97 Å². The van der Waals surface area contributed by atoms with Gasteiger partial charge in [-0.25, -0.2) is 0 Å². The normalized spacial score (nSPS) is 21.0. The summed E-state index contributed by atoms with van der Waals surface area (Å²) in [5.41, 5.74) is 5.21. The minimum absolute atomic E-state index is 0.264. The van der Waals surface area contributed by atoms with Crippen LogP contribution in [0.3, 0.4) is 0 Å². The Morgan fingerprint density at radius 3 is 2.25 bits per heavy atom. The fraction of sp³-hybridized carbons (Fsp3) is 0.833. The van der Waals surface area contributed by atoms with Crippen molar-refractivity contribution in [3.63, 3.8) is 0 Å². The maximum Gasteiger partial charge on any atom is 0.306 e. The highest BCUT2D eigenvalue weighted by Gasteiger charge is 2.28. The monoisotopic (exact) mass is 195 g/mol. The highest BCUT2D eigenvalue weighted by atomic mass is 31.2. The van der Waals surface area contributed by atoms with Gasteiger partial charge in [-0.05, 0) is 6.92 Å². The predicted octanol–water partition coefficient (Wildman–Crippen LogP) is 0.282. The summed E-state index contributed by atoms with van der Waals surface area (Å²) in [4.78, 5) is 19.5. The molecule has 0 spiro atoms. The first-order chi connectivity index (χ1) is 5.27. The van der Waals surface area contributed by atoms with Gasteiger partial charge in [0, 0.05) is 6.16 Å². The zero-order valence-electron chi connectivity index (χ0n) is 7.10. The Hall–Kier alpha value is -0.380. The Bertz CT molecular complexity index is 216. The lowest BCUT2D eigenvalue weighted by atomic mass is 10.2. The van der Waals surface area contributed by atoms with Gasteiger partial charge in [0.05, 0.1) is 11.7 Å². The van der Waals surface area contributed by atoms with Gasteiger partial charge in [0.1, 0.15) is 0 Å². The third kappa shape index (κ3) is 3.34. The first-order valence-corrected chi connectivity index (χ1v) is 5.48. The average Bonchev–Trinajstić information content (AvgIpc) is 1.85. The number of rotatable bonds is 4. The highest BCUT2D eigenvalue weighted by Crippen LogP contribution is 2.45. The Balaban J connectivity index is 4.25. The van der Waals surface area contributed by atoms with Gasteiger partial charge in [0.2, 0.25) is 7.37 Å². The van der Waals surface area contributed by atoms with Gasteiger partial charge in [-0.15, -0.1) is 0 Å². The maximum absolute atomic E-state index is 11.2. The molecule has 1 unspecified atom stereocenters. The number of carbonyl (C=O) groups is 1. The van der Waals surface area contributed by atoms with Crippen LogP contribution in [0.4, 0.5) is 0 Å². The third-order valence-electron chi connectivity index (χ3n) is 1.59. The zero-order chi connectivity index (χ0) is 9.94. The first kappa shape index (κ1) is 11.6. The van der Waals surface area contributed by atoms with Gasteiger partial charge in [-0.2, -0.15) is 0 Å². The van der Waals surface area contributed by atoms with Crippen molar-refractivity contribution in [2.45, 2.75) is 19.6 Å². The molecule has 0 bridgehead atoms. The summed E-state index contributed by atoms with van der Waals surface area (Å²) in [6.07, 6.45) is -0.264. The van der Waals surface area contributed by atoms with Crippen molar-refractivity contribution in [1.29, 1.82) is 0 Å². The molecule has 0 aromatic rings. The molecule has 5 nitrogen and oxygen atoms in total. The molecule has 0 aliphatic heterocycles. The van der Waals surface area contributed by atoms with E-state index in [4.69, 9.17) is 10.8 Å². The molecule has 4 N–H and O–H groups in total. The van der Waals surface area contributed by atoms with E-state index in [2.05, 4.69) is 0 Å². The van der Waals surface area contributed by atoms with Crippen LogP contribution in [-0.2, 0) is 9.36 Å². The Morgan fingerprint density at radius 2 is 2.00 bits per heavy atom. The van der Waals surface area contributed by atoms with Gasteiger partial charge in [-0.3, -0.25) is 9.36 Å². The molecule has 12 heavy (non-hydrogen) atoms. The van der Waals surface area contributed by atoms with E-state index >= 15 is 0 Å². The standard InChI is InChI=1S/C6H14NO4P/c1-4(6(8)9)3-12(10,11)5(2)7/h4-5H,3,7H2,1-2H3,(H,8,9)(H,10,11)/t4-,5+/m1/s1. The second kappa shape index (κ2) is 4.03. The SMILES string of the molecule is C[C@H](CP(=O)(O)[C@@H](C)N)C(=O)O. The van der Waals surface area contributed by atoms with Crippen LogP contribution in [0.15, 0.2) is 0 Å². The molecule has 0 aromatic heterocycles. The zero-order valence-corrected chi connectivity index (χ0v) is 7.99. The largest absolute Gasteiger partial charge is 0.481 e. The predicted molar refractivity (Wildman–Crippen MR) is 45.1 cm³/mol. The van der Waals surface area contributed by atoms with Crippen molar-refractivity contribution >= 4 is 13.3 Å². The lowest BCUT2D eigenvalue weighted by Crippen LogP contribution is -2.22. The van der Waals surface area contributed by atoms with E-state index in [1.54, 1.807) is 0 Å². The molecule has 0 rings (SSSR count). The van der Waals surface area contributed by atoms with Crippen LogP contribution in [0, 0.1) is 5.92 Å². The second-order valence-electron chi connectivity index (χ2n) is 2.92. The van der Waals surface area contributed by atoms with Crippen LogP contribution in [0.5, 0.6) is 0 Å². The number of carboxylic acid groups (broad SMARTS) is 1. The van der Waals surface area contributed by atoms with Gasteiger partial charge in [-0.1, -0.05) is 6.92 Å². The van der Waals surface area contributed by atoms with Crippen molar-refractivity contribution in [3.05, 3.63) is 0 Å². The fourth-order valence-corrected chi connectivity index (χ4v) is 1.91. The lowest BCUT2D eigenvalue weighted by Gasteiger charge is -2.16. The number of hydrogen-bond acceptors (Lipinski definition) is 3. The number of carboxylic acids is 1. The van der Waals surface area contributed by atoms with E-state index in [1.807, 2.05) is 0 Å². The van der Waals surface area contributed by atoms with Gasteiger partial charge in [0.25, 0.3) is 0 Å². The Morgan fingerprint density at radius 1 is 1.58 bits per heavy atom. The van der Waals surface area contributed by atoms with E-state index in [9.17, 15) is 14.3 Å². The summed E-state index contributed by atoms with van der Waals surface area (Å²) in [6.45, 7) is 2.78. The fourth-order valence-electron chi connectivity index (χ4n) is 0.637. The quantitative estimate of drug-likeness (QED) is 0.559. The van der Waals surface area contributed by atoms with E-state index in [0.717, 1.165) is 0 Å². The van der Waals surface area contributed by atoms with Gasteiger partial charge in [0.15, 0.2) is 0 Å². The minimum Gasteiger partial charge on any atom is -0.481 e. The smallest absolute Gasteiger partial charge is 0.306 e. The number of nitrogens with two attached hydrogens (primary N) is 1. The minimum atomic E-state index is -3.48. The molecule has 6 heteroatoms. The summed E-state index contributed by atoms with van der Waals surface area (Å²) in [5.74, 6) is -2.77. The Kier molecular flexibility index (Phi) is 3.90. The molecule has 0 aliphatic rings. The summed E-state index contributed by atoms with van der Waals surface area (Å²) >= 11 is 0. The molecule has 0 saturated carbocycles. The topological polar surface area (TPSA) is 101 Å². The molecule has 3 atom stereocenters. The molecule has 0 aliphatic carbocycles. The van der Waals surface area contributed by atoms with Crippen LogP contribution >= 0.6 is 7.37 Å². The van der Waals surface area contributed by atoms with Crippen molar-refractivity contribution < 1.29 is 19.4 Å². The van der Waals surface area contributed by atoms with Crippen LogP contribution in [0.25, 0.3) is 0 Å². The average molecular weight is 195 g/mol. The molecular formula is C6H14NO4P. The number of hydrogen-bond donors (Lipinski definition) is 3. The summed E-state index contributed by atoms with van der Waals surface area (Å²) in [7, 11) is -3.48. The van der Waals surface area contributed by atoms with Crippen LogP contribution in [0.1, 0.15) is 13.8 Å². The van der Waals surface area contributed by atoms with Crippen LogP contribution < -0.4 is 5.73 Å². The third-order valence-corrected chi connectivity index (χ3v) is 3.94. The highest BCUT2D eigenvalue weighted by molar-refractivity contribution is 7.58. The van der Waals surface area contributed by atoms with Crippen molar-refractivity contribution in [3.8, 4) is 0 Å². The van der Waals surface area contributed by atoms with E-state index in [1.165, 1.54) is 13.8 Å². The van der Waals surface area contributed by atoms with E-state index in [-0.39, 0.29) is 6.16 Å². The Labute approximate surface area is 71.0 Å². The molecule has 0 saturated heterocycles. The van der Waals surface area contributed by atoms with Crippen molar-refractivity contribution in [2.24, 2.45) is 11.7 Å². The summed E-state index contributed by atoms with van der Waals surface area (Å²) in [5, 5.41) is 8.45.